The first-order valence-electron chi connectivity index (χ1n) is 7.96. The van der Waals surface area contributed by atoms with Gasteiger partial charge in [0.05, 0.1) is 0 Å². The summed E-state index contributed by atoms with van der Waals surface area (Å²) in [6, 6.07) is 14.6. The topological polar surface area (TPSA) is 44.4 Å². The van der Waals surface area contributed by atoms with Gasteiger partial charge in [-0.15, -0.1) is 0 Å². The van der Waals surface area contributed by atoms with Crippen LogP contribution in [0.4, 0.5) is 5.69 Å². The number of carbonyl (C=O) groups excluding carboxylic acids is 1. The van der Waals surface area contributed by atoms with Crippen LogP contribution in [-0.2, 0) is 4.79 Å². The van der Waals surface area contributed by atoms with Crippen molar-refractivity contribution in [1.82, 2.24) is 10.2 Å². The average Bonchev–Trinajstić information content (AvgIpc) is 2.54. The molecular weight excluding hydrogens is 274 g/mol. The highest BCUT2D eigenvalue weighted by molar-refractivity contribution is 6.02. The minimum Gasteiger partial charge on any atom is -0.325 e. The number of nitrogens with zero attached hydrogens (tertiary/aromatic N) is 1. The Morgan fingerprint density at radius 2 is 2.09 bits per heavy atom. The van der Waals surface area contributed by atoms with Gasteiger partial charge in [-0.3, -0.25) is 9.69 Å². The van der Waals surface area contributed by atoms with Crippen LogP contribution < -0.4 is 10.6 Å². The maximum atomic E-state index is 12.3. The lowest BCUT2D eigenvalue weighted by Crippen LogP contribution is -2.50. The van der Waals surface area contributed by atoms with Crippen molar-refractivity contribution in [1.29, 1.82) is 0 Å². The molecule has 2 N–H and O–H groups in total. The van der Waals surface area contributed by atoms with Gasteiger partial charge < -0.3 is 10.6 Å². The van der Waals surface area contributed by atoms with Crippen molar-refractivity contribution < 1.29 is 4.79 Å². The zero-order chi connectivity index (χ0) is 15.4. The molecule has 0 spiro atoms. The SMILES string of the molecule is C[C@@H]1CNCCN1CCC(=O)Nc1cccc2ccccc12. The normalized spacial score (nSPS) is 19.2. The molecule has 22 heavy (non-hydrogen) atoms. The number of piperazine rings is 1. The fourth-order valence-corrected chi connectivity index (χ4v) is 3.01. The smallest absolute Gasteiger partial charge is 0.225 e. The lowest BCUT2D eigenvalue weighted by Gasteiger charge is -2.33. The second kappa shape index (κ2) is 6.90. The number of hydrogen-bond donors (Lipinski definition) is 2. The maximum Gasteiger partial charge on any atom is 0.225 e. The van der Waals surface area contributed by atoms with Crippen LogP contribution in [0.5, 0.6) is 0 Å². The van der Waals surface area contributed by atoms with Gasteiger partial charge in [0.15, 0.2) is 0 Å². The lowest BCUT2D eigenvalue weighted by molar-refractivity contribution is -0.116. The van der Waals surface area contributed by atoms with Crippen LogP contribution in [0.15, 0.2) is 42.5 Å². The molecule has 1 aliphatic heterocycles. The summed E-state index contributed by atoms with van der Waals surface area (Å²) in [7, 11) is 0. The summed E-state index contributed by atoms with van der Waals surface area (Å²) in [5, 5.41) is 8.67. The van der Waals surface area contributed by atoms with Gasteiger partial charge in [-0.25, -0.2) is 0 Å². The highest BCUT2D eigenvalue weighted by Gasteiger charge is 2.18. The van der Waals surface area contributed by atoms with Crippen molar-refractivity contribution >= 4 is 22.4 Å². The quantitative estimate of drug-likeness (QED) is 0.911. The lowest BCUT2D eigenvalue weighted by atomic mass is 10.1. The molecule has 2 aromatic rings. The monoisotopic (exact) mass is 297 g/mol. The van der Waals surface area contributed by atoms with Crippen molar-refractivity contribution in [2.45, 2.75) is 19.4 Å². The van der Waals surface area contributed by atoms with E-state index >= 15 is 0 Å². The van der Waals surface area contributed by atoms with E-state index in [1.807, 2.05) is 30.3 Å². The first-order chi connectivity index (χ1) is 10.7. The van der Waals surface area contributed by atoms with E-state index in [1.165, 1.54) is 0 Å². The number of nitrogens with one attached hydrogen (secondary N) is 2. The number of anilines is 1. The molecule has 0 aromatic heterocycles. The highest BCUT2D eigenvalue weighted by atomic mass is 16.1. The number of fused-ring (bicyclic) bond motifs is 1. The molecule has 1 amide bonds. The number of hydrogen-bond acceptors (Lipinski definition) is 3. The molecule has 1 atom stereocenters. The van der Waals surface area contributed by atoms with Crippen LogP contribution in [0.1, 0.15) is 13.3 Å². The van der Waals surface area contributed by atoms with Crippen LogP contribution in [0.25, 0.3) is 10.8 Å². The van der Waals surface area contributed by atoms with Crippen LogP contribution in [-0.4, -0.2) is 43.0 Å². The molecule has 116 valence electrons. The van der Waals surface area contributed by atoms with Gasteiger partial charge in [0.1, 0.15) is 0 Å². The van der Waals surface area contributed by atoms with Crippen molar-refractivity contribution in [2.75, 3.05) is 31.5 Å². The standard InChI is InChI=1S/C18H23N3O/c1-14-13-19-10-12-21(14)11-9-18(22)20-17-8-4-6-15-5-2-3-7-16(15)17/h2-8,14,19H,9-13H2,1H3,(H,20,22)/t14-/m1/s1. The van der Waals surface area contributed by atoms with E-state index in [4.69, 9.17) is 0 Å². The summed E-state index contributed by atoms with van der Waals surface area (Å²) in [6.07, 6.45) is 0.535. The number of benzene rings is 2. The van der Waals surface area contributed by atoms with Gasteiger partial charge in [-0.1, -0.05) is 36.4 Å². The molecule has 0 saturated carbocycles. The number of amides is 1. The van der Waals surface area contributed by atoms with Crippen molar-refractivity contribution in [2.24, 2.45) is 0 Å². The molecule has 3 rings (SSSR count). The molecule has 1 aliphatic rings. The zero-order valence-electron chi connectivity index (χ0n) is 13.0. The van der Waals surface area contributed by atoms with E-state index in [9.17, 15) is 4.79 Å². The van der Waals surface area contributed by atoms with Gasteiger partial charge in [-0.2, -0.15) is 0 Å². The molecule has 1 saturated heterocycles. The predicted octanol–water partition coefficient (Wildman–Crippen LogP) is 2.46. The molecule has 4 heteroatoms. The van der Waals surface area contributed by atoms with Gasteiger partial charge >= 0.3 is 0 Å². The molecule has 0 aliphatic carbocycles. The second-order valence-corrected chi connectivity index (χ2v) is 5.91. The van der Waals surface area contributed by atoms with Gasteiger partial charge in [0.2, 0.25) is 5.91 Å². The average molecular weight is 297 g/mol. The fourth-order valence-electron chi connectivity index (χ4n) is 3.01. The van der Waals surface area contributed by atoms with E-state index in [-0.39, 0.29) is 5.91 Å². The zero-order valence-corrected chi connectivity index (χ0v) is 13.0. The summed E-state index contributed by atoms with van der Waals surface area (Å²) in [4.78, 5) is 14.6. The third-order valence-corrected chi connectivity index (χ3v) is 4.33. The summed E-state index contributed by atoms with van der Waals surface area (Å²) in [6.45, 7) is 6.05. The minimum atomic E-state index is 0.0853. The summed E-state index contributed by atoms with van der Waals surface area (Å²) in [5.74, 6) is 0.0853. The Hall–Kier alpha value is -1.91. The highest BCUT2D eigenvalue weighted by Crippen LogP contribution is 2.23. The Bertz CT molecular complexity index is 650. The van der Waals surface area contributed by atoms with Crippen molar-refractivity contribution in [3.05, 3.63) is 42.5 Å². The van der Waals surface area contributed by atoms with E-state index < -0.39 is 0 Å². The van der Waals surface area contributed by atoms with Gasteiger partial charge in [0, 0.05) is 49.7 Å². The first-order valence-corrected chi connectivity index (χ1v) is 7.96. The summed E-state index contributed by atoms with van der Waals surface area (Å²) < 4.78 is 0. The largest absolute Gasteiger partial charge is 0.325 e. The summed E-state index contributed by atoms with van der Waals surface area (Å²) in [5.41, 5.74) is 0.899. The maximum absolute atomic E-state index is 12.3. The molecule has 0 unspecified atom stereocenters. The Kier molecular flexibility index (Phi) is 4.71. The number of carbonyl (C=O) groups is 1. The van der Waals surface area contributed by atoms with Crippen LogP contribution in [0.2, 0.25) is 0 Å². The molecule has 4 nitrogen and oxygen atoms in total. The number of rotatable bonds is 4. The fraction of sp³-hybridized carbons (Fsp3) is 0.389. The Morgan fingerprint density at radius 3 is 2.95 bits per heavy atom. The second-order valence-electron chi connectivity index (χ2n) is 5.91. The predicted molar refractivity (Wildman–Crippen MR) is 91.1 cm³/mol. The molecule has 0 bridgehead atoms. The Morgan fingerprint density at radius 1 is 1.27 bits per heavy atom. The molecular formula is C18H23N3O. The van der Waals surface area contributed by atoms with E-state index in [1.54, 1.807) is 0 Å². The third kappa shape index (κ3) is 3.46. The van der Waals surface area contributed by atoms with Gasteiger partial charge in [0.25, 0.3) is 0 Å². The Balaban J connectivity index is 1.61. The third-order valence-electron chi connectivity index (χ3n) is 4.33. The van der Waals surface area contributed by atoms with E-state index in [2.05, 4.69) is 34.6 Å². The van der Waals surface area contributed by atoms with E-state index in [0.717, 1.165) is 42.6 Å². The Labute approximate surface area is 131 Å². The minimum absolute atomic E-state index is 0.0853. The van der Waals surface area contributed by atoms with Crippen molar-refractivity contribution in [3.63, 3.8) is 0 Å². The van der Waals surface area contributed by atoms with Crippen LogP contribution >= 0.6 is 0 Å². The molecule has 0 radical (unpaired) electrons. The molecule has 1 heterocycles. The van der Waals surface area contributed by atoms with Gasteiger partial charge in [-0.05, 0) is 18.4 Å². The molecule has 2 aromatic carbocycles. The summed E-state index contributed by atoms with van der Waals surface area (Å²) >= 11 is 0. The van der Waals surface area contributed by atoms with Crippen molar-refractivity contribution in [3.8, 4) is 0 Å². The van der Waals surface area contributed by atoms with Crippen LogP contribution in [0.3, 0.4) is 0 Å². The van der Waals surface area contributed by atoms with E-state index in [0.29, 0.717) is 12.5 Å². The first kappa shape index (κ1) is 15.0. The van der Waals surface area contributed by atoms with Crippen LogP contribution in [0, 0.1) is 0 Å². The molecule has 1 fully saturated rings.